The van der Waals surface area contributed by atoms with Crippen molar-refractivity contribution in [2.75, 3.05) is 18.4 Å². The maximum Gasteiger partial charge on any atom is 0.223 e. The van der Waals surface area contributed by atoms with Crippen LogP contribution in [0.25, 0.3) is 5.57 Å². The van der Waals surface area contributed by atoms with Crippen LogP contribution in [0.1, 0.15) is 49.8 Å². The first-order valence-electron chi connectivity index (χ1n) is 11.6. The van der Waals surface area contributed by atoms with Gasteiger partial charge < -0.3 is 26.8 Å². The monoisotopic (exact) mass is 445 g/mol. The predicted molar refractivity (Wildman–Crippen MR) is 137 cm³/mol. The van der Waals surface area contributed by atoms with Crippen LogP contribution in [-0.4, -0.2) is 42.4 Å². The molecule has 0 aromatic heterocycles. The molecule has 2 atom stereocenters. The number of rotatable bonds is 9. The van der Waals surface area contributed by atoms with Gasteiger partial charge in [0.1, 0.15) is 0 Å². The Morgan fingerprint density at radius 1 is 1.21 bits per heavy atom. The molecule has 2 aromatic rings. The minimum atomic E-state index is 0.228. The lowest BCUT2D eigenvalue weighted by atomic mass is 9.91. The summed E-state index contributed by atoms with van der Waals surface area (Å²) in [5.74, 6) is 0.712. The molecule has 1 saturated heterocycles. The van der Waals surface area contributed by atoms with Gasteiger partial charge in [0.05, 0.1) is 0 Å². The number of amides is 1. The number of carbonyl (C=O) groups excluding carboxylic acids is 1. The highest BCUT2D eigenvalue weighted by Gasteiger charge is 2.28. The molecule has 3 rings (SSSR count). The first-order valence-corrected chi connectivity index (χ1v) is 11.6. The summed E-state index contributed by atoms with van der Waals surface area (Å²) in [6.45, 7) is 5.52. The van der Waals surface area contributed by atoms with Crippen molar-refractivity contribution < 1.29 is 4.79 Å². The van der Waals surface area contributed by atoms with E-state index in [9.17, 15) is 4.79 Å². The number of nitrogens with zero attached hydrogens (tertiary/aromatic N) is 1. The van der Waals surface area contributed by atoms with Crippen molar-refractivity contribution in [1.82, 2.24) is 4.90 Å². The van der Waals surface area contributed by atoms with Gasteiger partial charge in [0.2, 0.25) is 5.91 Å². The highest BCUT2D eigenvalue weighted by atomic mass is 16.2. The average molecular weight is 446 g/mol. The van der Waals surface area contributed by atoms with E-state index in [4.69, 9.17) is 16.6 Å². The lowest BCUT2D eigenvalue weighted by molar-refractivity contribution is -0.135. The fourth-order valence-corrected chi connectivity index (χ4v) is 4.55. The van der Waals surface area contributed by atoms with E-state index in [2.05, 4.69) is 24.4 Å². The van der Waals surface area contributed by atoms with Gasteiger partial charge in [-0.15, -0.1) is 0 Å². The summed E-state index contributed by atoms with van der Waals surface area (Å²) >= 11 is 0. The fraction of sp³-hybridized carbons (Fsp3) is 0.370. The number of nitrogens with two attached hydrogens (primary N) is 1. The molecule has 1 fully saturated rings. The second kappa shape index (κ2) is 11.5. The minimum absolute atomic E-state index is 0.228. The van der Waals surface area contributed by atoms with E-state index >= 15 is 0 Å². The second-order valence-electron chi connectivity index (χ2n) is 8.88. The van der Waals surface area contributed by atoms with E-state index in [0.717, 1.165) is 49.2 Å². The SMILES string of the molecule is C/C(N)=C(/C=N)c1ccc(NCC2CCN(C(=O)CCc3ccccc3)C(C)C2)c(C=N)c1. The molecule has 1 aliphatic rings. The summed E-state index contributed by atoms with van der Waals surface area (Å²) in [5, 5.41) is 18.9. The van der Waals surface area contributed by atoms with Gasteiger partial charge >= 0.3 is 0 Å². The van der Waals surface area contributed by atoms with Gasteiger partial charge in [-0.05, 0) is 62.3 Å². The molecule has 0 aliphatic carbocycles. The van der Waals surface area contributed by atoms with Gasteiger partial charge in [-0.1, -0.05) is 36.4 Å². The number of piperidine rings is 1. The quantitative estimate of drug-likeness (QED) is 0.421. The standard InChI is InChI=1S/C27H35N5O/c1-19-14-22(12-13-32(19)27(33)11-8-21-6-4-3-5-7-21)18-31-26-10-9-23(15-24(26)16-28)25(17-29)20(2)30/h3-7,9-10,15-17,19,22,28-29,31H,8,11-14,18,30H2,1-2H3/b25-20+,28-16?,29-17?. The van der Waals surface area contributed by atoms with Gasteiger partial charge in [0.15, 0.2) is 0 Å². The van der Waals surface area contributed by atoms with E-state index in [1.165, 1.54) is 18.0 Å². The van der Waals surface area contributed by atoms with Gasteiger partial charge in [-0.25, -0.2) is 0 Å². The molecular weight excluding hydrogens is 410 g/mol. The molecule has 2 unspecified atom stereocenters. The Kier molecular flexibility index (Phi) is 8.41. The van der Waals surface area contributed by atoms with Crippen LogP contribution in [0.2, 0.25) is 0 Å². The zero-order valence-electron chi connectivity index (χ0n) is 19.6. The molecule has 1 aliphatic heterocycles. The lowest BCUT2D eigenvalue weighted by Gasteiger charge is -2.38. The Hall–Kier alpha value is -3.41. The molecule has 0 radical (unpaired) electrons. The zero-order valence-corrected chi connectivity index (χ0v) is 19.6. The number of hydrogen-bond donors (Lipinski definition) is 4. The number of hydrogen-bond acceptors (Lipinski definition) is 5. The second-order valence-corrected chi connectivity index (χ2v) is 8.88. The molecule has 33 heavy (non-hydrogen) atoms. The van der Waals surface area contributed by atoms with Crippen LogP contribution in [0.3, 0.4) is 0 Å². The van der Waals surface area contributed by atoms with Gasteiger partial charge in [-0.2, -0.15) is 0 Å². The third-order valence-electron chi connectivity index (χ3n) is 6.44. The van der Waals surface area contributed by atoms with Crippen LogP contribution in [0.5, 0.6) is 0 Å². The molecule has 174 valence electrons. The van der Waals surface area contributed by atoms with Gasteiger partial charge in [-0.3, -0.25) is 4.79 Å². The zero-order chi connectivity index (χ0) is 23.8. The molecule has 0 bridgehead atoms. The number of anilines is 1. The molecule has 2 aromatic carbocycles. The molecule has 1 heterocycles. The van der Waals surface area contributed by atoms with Crippen LogP contribution >= 0.6 is 0 Å². The number of nitrogens with one attached hydrogen (secondary N) is 3. The van der Waals surface area contributed by atoms with E-state index in [1.807, 2.05) is 41.3 Å². The van der Waals surface area contributed by atoms with Crippen molar-refractivity contribution in [2.24, 2.45) is 11.7 Å². The summed E-state index contributed by atoms with van der Waals surface area (Å²) in [7, 11) is 0. The van der Waals surface area contributed by atoms with Crippen molar-refractivity contribution in [3.8, 4) is 0 Å². The Morgan fingerprint density at radius 2 is 1.97 bits per heavy atom. The molecule has 6 nitrogen and oxygen atoms in total. The Morgan fingerprint density at radius 3 is 2.61 bits per heavy atom. The van der Waals surface area contributed by atoms with E-state index in [-0.39, 0.29) is 11.9 Å². The maximum absolute atomic E-state index is 12.8. The Bertz CT molecular complexity index is 1010. The first-order chi connectivity index (χ1) is 15.9. The summed E-state index contributed by atoms with van der Waals surface area (Å²) in [5.41, 5.74) is 10.9. The normalized spacial score (nSPS) is 18.9. The average Bonchev–Trinajstić information content (AvgIpc) is 2.82. The smallest absolute Gasteiger partial charge is 0.223 e. The van der Waals surface area contributed by atoms with E-state index in [1.54, 1.807) is 6.92 Å². The third-order valence-corrected chi connectivity index (χ3v) is 6.44. The van der Waals surface area contributed by atoms with Crippen LogP contribution < -0.4 is 11.1 Å². The minimum Gasteiger partial charge on any atom is -0.402 e. The number of allylic oxidation sites excluding steroid dienone is 2. The Balaban J connectivity index is 1.54. The summed E-state index contributed by atoms with van der Waals surface area (Å²) in [6.07, 6.45) is 5.86. The third kappa shape index (κ3) is 6.31. The van der Waals surface area contributed by atoms with Crippen molar-refractivity contribution in [3.05, 3.63) is 70.9 Å². The first kappa shape index (κ1) is 24.2. The maximum atomic E-state index is 12.8. The van der Waals surface area contributed by atoms with Crippen LogP contribution in [0.15, 0.2) is 54.2 Å². The molecule has 5 N–H and O–H groups in total. The Labute approximate surface area is 196 Å². The van der Waals surface area contributed by atoms with E-state index < -0.39 is 0 Å². The number of likely N-dealkylation sites (tertiary alicyclic amines) is 1. The fourth-order valence-electron chi connectivity index (χ4n) is 4.55. The topological polar surface area (TPSA) is 106 Å². The number of carbonyl (C=O) groups is 1. The number of aryl methyl sites for hydroxylation is 1. The molecular formula is C27H35N5O. The summed E-state index contributed by atoms with van der Waals surface area (Å²) < 4.78 is 0. The van der Waals surface area contributed by atoms with Crippen molar-refractivity contribution in [3.63, 3.8) is 0 Å². The van der Waals surface area contributed by atoms with Gasteiger partial charge in [0.25, 0.3) is 0 Å². The molecule has 0 saturated carbocycles. The largest absolute Gasteiger partial charge is 0.402 e. The van der Waals surface area contributed by atoms with E-state index in [0.29, 0.717) is 23.6 Å². The lowest BCUT2D eigenvalue weighted by Crippen LogP contribution is -2.45. The molecule has 1 amide bonds. The predicted octanol–water partition coefficient (Wildman–Crippen LogP) is 4.70. The highest BCUT2D eigenvalue weighted by molar-refractivity contribution is 6.10. The molecule has 0 spiro atoms. The number of benzene rings is 2. The van der Waals surface area contributed by atoms with Gasteiger partial charge in [0, 0.05) is 60.5 Å². The van der Waals surface area contributed by atoms with Crippen molar-refractivity contribution in [2.45, 2.75) is 45.6 Å². The van der Waals surface area contributed by atoms with Crippen molar-refractivity contribution >= 4 is 29.6 Å². The summed E-state index contributed by atoms with van der Waals surface area (Å²) in [6, 6.07) is 16.2. The van der Waals surface area contributed by atoms with Crippen LogP contribution in [0, 0.1) is 16.7 Å². The van der Waals surface area contributed by atoms with Crippen LogP contribution in [0.4, 0.5) is 5.69 Å². The van der Waals surface area contributed by atoms with Crippen molar-refractivity contribution in [1.29, 1.82) is 10.8 Å². The highest BCUT2D eigenvalue weighted by Crippen LogP contribution is 2.26. The molecule has 6 heteroatoms. The van der Waals surface area contributed by atoms with Crippen LogP contribution in [-0.2, 0) is 11.2 Å². The summed E-state index contributed by atoms with van der Waals surface area (Å²) in [4.78, 5) is 14.8.